The second kappa shape index (κ2) is 8.93. The molecule has 4 aromatic rings. The van der Waals surface area contributed by atoms with Gasteiger partial charge in [0.15, 0.2) is 0 Å². The van der Waals surface area contributed by atoms with Crippen LogP contribution in [0.2, 0.25) is 0 Å². The van der Waals surface area contributed by atoms with E-state index in [4.69, 9.17) is 17.3 Å². The molecule has 0 bridgehead atoms. The molecule has 4 aromatic carbocycles. The molecule has 0 amide bonds. The molecule has 0 aromatic heterocycles. The number of nitrogens with two attached hydrogens (primary N) is 3. The number of anilines is 1. The van der Waals surface area contributed by atoms with E-state index in [1.165, 1.54) is 0 Å². The molecule has 4 heteroatoms. The van der Waals surface area contributed by atoms with Crippen molar-refractivity contribution >= 4 is 5.69 Å². The van der Waals surface area contributed by atoms with Gasteiger partial charge < -0.3 is 16.9 Å². The highest BCUT2D eigenvalue weighted by atomic mass is 15.2. The summed E-state index contributed by atoms with van der Waals surface area (Å²) < 4.78 is 0. The molecular formula is C26H26N4. The molecule has 0 heterocycles. The van der Waals surface area contributed by atoms with Gasteiger partial charge >= 0.3 is 0 Å². The SMILES string of the molecule is NCc1cccc(-c2c(NN)ccc(-c3ccccc3)c2-c2cccc(CN)c2)c1. The Kier molecular flexibility index (Phi) is 5.91. The minimum absolute atomic E-state index is 0.482. The maximum atomic E-state index is 5.96. The fraction of sp³-hybridized carbons (Fsp3) is 0.0769. The molecule has 0 aliphatic carbocycles. The van der Waals surface area contributed by atoms with Gasteiger partial charge in [-0.2, -0.15) is 0 Å². The van der Waals surface area contributed by atoms with Gasteiger partial charge in [0.1, 0.15) is 0 Å². The summed E-state index contributed by atoms with van der Waals surface area (Å²) in [6.07, 6.45) is 0. The Hall–Kier alpha value is -3.44. The number of nitrogen functional groups attached to an aromatic ring is 1. The molecule has 30 heavy (non-hydrogen) atoms. The van der Waals surface area contributed by atoms with Crippen LogP contribution in [-0.2, 0) is 13.1 Å². The summed E-state index contributed by atoms with van der Waals surface area (Å²) >= 11 is 0. The second-order valence-electron chi connectivity index (χ2n) is 7.23. The first-order chi connectivity index (χ1) is 14.7. The van der Waals surface area contributed by atoms with E-state index in [1.54, 1.807) is 0 Å². The van der Waals surface area contributed by atoms with Crippen molar-refractivity contribution in [2.45, 2.75) is 13.1 Å². The Balaban J connectivity index is 2.09. The van der Waals surface area contributed by atoms with Crippen LogP contribution in [0.1, 0.15) is 11.1 Å². The molecule has 0 aliphatic heterocycles. The highest BCUT2D eigenvalue weighted by Gasteiger charge is 2.18. The first-order valence-corrected chi connectivity index (χ1v) is 10.0. The number of hydrogen-bond acceptors (Lipinski definition) is 4. The monoisotopic (exact) mass is 394 g/mol. The second-order valence-corrected chi connectivity index (χ2v) is 7.23. The van der Waals surface area contributed by atoms with Gasteiger partial charge in [-0.25, -0.2) is 0 Å². The molecule has 7 N–H and O–H groups in total. The van der Waals surface area contributed by atoms with Gasteiger partial charge in [-0.05, 0) is 57.1 Å². The van der Waals surface area contributed by atoms with E-state index in [9.17, 15) is 0 Å². The zero-order valence-corrected chi connectivity index (χ0v) is 16.8. The Bertz CT molecular complexity index is 1150. The zero-order valence-electron chi connectivity index (χ0n) is 16.8. The summed E-state index contributed by atoms with van der Waals surface area (Å²) in [4.78, 5) is 0. The molecule has 0 unspecified atom stereocenters. The van der Waals surface area contributed by atoms with Crippen LogP contribution < -0.4 is 22.7 Å². The van der Waals surface area contributed by atoms with E-state index >= 15 is 0 Å². The van der Waals surface area contributed by atoms with Crippen LogP contribution in [0, 0.1) is 0 Å². The standard InChI is InChI=1S/C26H26N4/c27-16-18-6-4-10-21(14-18)25-23(20-8-2-1-3-9-20)12-13-24(30-29)26(25)22-11-5-7-19(15-22)17-28/h1-15,30H,16-17,27-29H2. The van der Waals surface area contributed by atoms with E-state index in [-0.39, 0.29) is 0 Å². The van der Waals surface area contributed by atoms with E-state index in [0.717, 1.165) is 50.2 Å². The minimum Gasteiger partial charge on any atom is -0.326 e. The summed E-state index contributed by atoms with van der Waals surface area (Å²) in [6.45, 7) is 0.969. The van der Waals surface area contributed by atoms with Crippen LogP contribution >= 0.6 is 0 Å². The Labute approximate surface area is 177 Å². The van der Waals surface area contributed by atoms with Gasteiger partial charge in [0.05, 0.1) is 5.69 Å². The Morgan fingerprint density at radius 1 is 0.567 bits per heavy atom. The van der Waals surface area contributed by atoms with E-state index in [0.29, 0.717) is 13.1 Å². The Morgan fingerprint density at radius 2 is 1.13 bits per heavy atom. The third-order valence-corrected chi connectivity index (χ3v) is 5.35. The first kappa shape index (κ1) is 19.9. The van der Waals surface area contributed by atoms with Crippen molar-refractivity contribution < 1.29 is 0 Å². The van der Waals surface area contributed by atoms with Crippen molar-refractivity contribution in [3.05, 3.63) is 102 Å². The molecule has 150 valence electrons. The van der Waals surface area contributed by atoms with Gasteiger partial charge in [-0.3, -0.25) is 5.84 Å². The van der Waals surface area contributed by atoms with Gasteiger partial charge in [0, 0.05) is 18.7 Å². The van der Waals surface area contributed by atoms with Crippen LogP contribution in [0.3, 0.4) is 0 Å². The molecule has 0 saturated carbocycles. The lowest BCUT2D eigenvalue weighted by molar-refractivity contribution is 1.07. The smallest absolute Gasteiger partial charge is 0.0570 e. The fourth-order valence-corrected chi connectivity index (χ4v) is 3.89. The molecule has 0 fully saturated rings. The van der Waals surface area contributed by atoms with Crippen molar-refractivity contribution in [3.8, 4) is 33.4 Å². The Morgan fingerprint density at radius 3 is 1.70 bits per heavy atom. The van der Waals surface area contributed by atoms with Gasteiger partial charge in [-0.15, -0.1) is 0 Å². The molecular weight excluding hydrogens is 368 g/mol. The molecule has 4 nitrogen and oxygen atoms in total. The van der Waals surface area contributed by atoms with Gasteiger partial charge in [-0.1, -0.05) is 72.8 Å². The maximum absolute atomic E-state index is 5.96. The molecule has 0 atom stereocenters. The highest BCUT2D eigenvalue weighted by Crippen LogP contribution is 2.44. The third-order valence-electron chi connectivity index (χ3n) is 5.35. The predicted octanol–water partition coefficient (Wildman–Crippen LogP) is 4.89. The van der Waals surface area contributed by atoms with E-state index in [1.807, 2.05) is 30.3 Å². The summed E-state index contributed by atoms with van der Waals surface area (Å²) in [5, 5.41) is 0. The van der Waals surface area contributed by atoms with Gasteiger partial charge in [0.25, 0.3) is 0 Å². The lowest BCUT2D eigenvalue weighted by Gasteiger charge is -2.20. The number of hydrogen-bond donors (Lipinski definition) is 4. The van der Waals surface area contributed by atoms with E-state index < -0.39 is 0 Å². The summed E-state index contributed by atoms with van der Waals surface area (Å²) in [6, 6.07) is 31.2. The largest absolute Gasteiger partial charge is 0.326 e. The molecule has 0 radical (unpaired) electrons. The number of benzene rings is 4. The quantitative estimate of drug-likeness (QED) is 0.277. The van der Waals surface area contributed by atoms with Crippen LogP contribution in [0.25, 0.3) is 33.4 Å². The average molecular weight is 395 g/mol. The molecule has 0 saturated heterocycles. The fourth-order valence-electron chi connectivity index (χ4n) is 3.89. The third kappa shape index (κ3) is 3.84. The van der Waals surface area contributed by atoms with Crippen molar-refractivity contribution in [2.24, 2.45) is 17.3 Å². The molecule has 0 aliphatic rings. The highest BCUT2D eigenvalue weighted by molar-refractivity contribution is 6.00. The normalized spacial score (nSPS) is 10.8. The lowest BCUT2D eigenvalue weighted by Crippen LogP contribution is -2.09. The van der Waals surface area contributed by atoms with Crippen molar-refractivity contribution in [3.63, 3.8) is 0 Å². The first-order valence-electron chi connectivity index (χ1n) is 10.0. The van der Waals surface area contributed by atoms with Crippen molar-refractivity contribution in [1.29, 1.82) is 0 Å². The number of rotatable bonds is 6. The molecule has 0 spiro atoms. The molecule has 4 rings (SSSR count). The minimum atomic E-state index is 0.482. The van der Waals surface area contributed by atoms with Crippen LogP contribution in [-0.4, -0.2) is 0 Å². The predicted molar refractivity (Wildman–Crippen MR) is 126 cm³/mol. The summed E-state index contributed by atoms with van der Waals surface area (Å²) in [5.74, 6) is 5.96. The van der Waals surface area contributed by atoms with Crippen LogP contribution in [0.5, 0.6) is 0 Å². The van der Waals surface area contributed by atoms with Gasteiger partial charge in [0.2, 0.25) is 0 Å². The summed E-state index contributed by atoms with van der Waals surface area (Å²) in [5.41, 5.74) is 24.4. The average Bonchev–Trinajstić information content (AvgIpc) is 2.83. The lowest BCUT2D eigenvalue weighted by atomic mass is 9.85. The topological polar surface area (TPSA) is 90.1 Å². The van der Waals surface area contributed by atoms with Crippen LogP contribution in [0.4, 0.5) is 5.69 Å². The van der Waals surface area contributed by atoms with E-state index in [2.05, 4.69) is 66.1 Å². The number of nitrogens with one attached hydrogen (secondary N) is 1. The van der Waals surface area contributed by atoms with Crippen LogP contribution in [0.15, 0.2) is 91.0 Å². The summed E-state index contributed by atoms with van der Waals surface area (Å²) in [7, 11) is 0. The maximum Gasteiger partial charge on any atom is 0.0570 e. The van der Waals surface area contributed by atoms with Crippen molar-refractivity contribution in [2.75, 3.05) is 5.43 Å². The number of hydrazine groups is 1. The van der Waals surface area contributed by atoms with Crippen molar-refractivity contribution in [1.82, 2.24) is 0 Å². The zero-order chi connectivity index (χ0) is 20.9.